The molecule has 0 unspecified atom stereocenters. The van der Waals surface area contributed by atoms with E-state index in [1.165, 1.54) is 30.7 Å². The number of carbonyl (C=O) groups is 1. The summed E-state index contributed by atoms with van der Waals surface area (Å²) in [5.74, 6) is 0.972. The van der Waals surface area contributed by atoms with Crippen molar-refractivity contribution in [2.75, 3.05) is 60.0 Å². The number of amides is 1. The number of methoxy groups -OCH3 is 2. The fourth-order valence-electron chi connectivity index (χ4n) is 3.35. The highest BCUT2D eigenvalue weighted by atomic mass is 32.2. The fourth-order valence-corrected chi connectivity index (χ4v) is 4.79. The summed E-state index contributed by atoms with van der Waals surface area (Å²) in [6.07, 6.45) is 2.05. The topological polar surface area (TPSA) is 79.4 Å². The van der Waals surface area contributed by atoms with Crippen LogP contribution in [0.25, 0.3) is 0 Å². The van der Waals surface area contributed by atoms with E-state index in [1.54, 1.807) is 6.07 Å². The van der Waals surface area contributed by atoms with Crippen LogP contribution in [0.15, 0.2) is 23.1 Å². The van der Waals surface area contributed by atoms with E-state index in [2.05, 4.69) is 6.92 Å². The minimum atomic E-state index is -3.63. The van der Waals surface area contributed by atoms with Crippen LogP contribution in [0.1, 0.15) is 26.7 Å². The van der Waals surface area contributed by atoms with Crippen LogP contribution in [0, 0.1) is 0 Å². The maximum absolute atomic E-state index is 13.0. The van der Waals surface area contributed by atoms with Crippen molar-refractivity contribution in [3.8, 4) is 11.5 Å². The van der Waals surface area contributed by atoms with E-state index in [1.807, 2.05) is 16.7 Å². The van der Waals surface area contributed by atoms with E-state index < -0.39 is 10.0 Å². The van der Waals surface area contributed by atoms with Crippen molar-refractivity contribution < 1.29 is 22.7 Å². The molecule has 1 fully saturated rings. The Morgan fingerprint density at radius 1 is 1.07 bits per heavy atom. The number of sulfonamides is 1. The van der Waals surface area contributed by atoms with Crippen molar-refractivity contribution in [1.29, 1.82) is 0 Å². The van der Waals surface area contributed by atoms with Gasteiger partial charge >= 0.3 is 0 Å². The molecule has 0 N–H and O–H groups in total. The van der Waals surface area contributed by atoms with E-state index >= 15 is 0 Å². The first-order valence-corrected chi connectivity index (χ1v) is 11.5. The number of rotatable bonds is 10. The molecular weight excluding hydrogens is 394 g/mol. The van der Waals surface area contributed by atoms with Crippen molar-refractivity contribution in [2.45, 2.75) is 31.6 Å². The summed E-state index contributed by atoms with van der Waals surface area (Å²) < 4.78 is 37.8. The largest absolute Gasteiger partial charge is 0.493 e. The van der Waals surface area contributed by atoms with Crippen LogP contribution in [-0.2, 0) is 14.8 Å². The molecule has 0 aromatic heterocycles. The van der Waals surface area contributed by atoms with Gasteiger partial charge < -0.3 is 14.4 Å². The molecule has 1 aromatic carbocycles. The molecule has 0 saturated carbocycles. The molecule has 2 rings (SSSR count). The zero-order valence-corrected chi connectivity index (χ0v) is 18.7. The zero-order valence-electron chi connectivity index (χ0n) is 17.9. The first kappa shape index (κ1) is 23.4. The summed E-state index contributed by atoms with van der Waals surface area (Å²) in [6.45, 7) is 7.68. The zero-order chi connectivity index (χ0) is 21.4. The van der Waals surface area contributed by atoms with Crippen molar-refractivity contribution in [2.24, 2.45) is 0 Å². The lowest BCUT2D eigenvalue weighted by molar-refractivity contribution is -0.132. The van der Waals surface area contributed by atoms with Crippen LogP contribution in [0.4, 0.5) is 0 Å². The van der Waals surface area contributed by atoms with Crippen LogP contribution in [0.5, 0.6) is 11.5 Å². The van der Waals surface area contributed by atoms with Gasteiger partial charge in [0.2, 0.25) is 15.9 Å². The first-order chi connectivity index (χ1) is 13.9. The lowest BCUT2D eigenvalue weighted by atomic mass is 10.3. The highest BCUT2D eigenvalue weighted by Gasteiger charge is 2.30. The van der Waals surface area contributed by atoms with Gasteiger partial charge in [-0.05, 0) is 25.5 Å². The molecule has 1 saturated heterocycles. The number of nitrogens with zero attached hydrogens (tertiary/aromatic N) is 3. The van der Waals surface area contributed by atoms with Gasteiger partial charge in [0.1, 0.15) is 0 Å². The molecule has 8 nitrogen and oxygen atoms in total. The Hall–Kier alpha value is -1.84. The van der Waals surface area contributed by atoms with Crippen LogP contribution < -0.4 is 9.47 Å². The van der Waals surface area contributed by atoms with Gasteiger partial charge in [-0.1, -0.05) is 13.3 Å². The van der Waals surface area contributed by atoms with Crippen LogP contribution in [0.2, 0.25) is 0 Å². The highest BCUT2D eigenvalue weighted by molar-refractivity contribution is 7.89. The second-order valence-electron chi connectivity index (χ2n) is 7.02. The number of carbonyl (C=O) groups excluding carboxylic acids is 1. The Kier molecular flexibility index (Phi) is 8.73. The molecule has 0 spiro atoms. The van der Waals surface area contributed by atoms with Gasteiger partial charge in [-0.3, -0.25) is 9.69 Å². The Labute approximate surface area is 174 Å². The van der Waals surface area contributed by atoms with Gasteiger partial charge in [-0.25, -0.2) is 8.42 Å². The van der Waals surface area contributed by atoms with Gasteiger partial charge in [0.05, 0.1) is 25.7 Å². The van der Waals surface area contributed by atoms with Gasteiger partial charge in [0, 0.05) is 45.3 Å². The number of ether oxygens (including phenoxy) is 2. The van der Waals surface area contributed by atoms with Crippen molar-refractivity contribution in [1.82, 2.24) is 14.1 Å². The maximum Gasteiger partial charge on any atom is 0.243 e. The SMILES string of the molecule is CCCCN(CC)C(=O)CN1CCN(S(=O)(=O)c2ccc(OC)c(OC)c2)CC1. The van der Waals surface area contributed by atoms with Crippen molar-refractivity contribution in [3.05, 3.63) is 18.2 Å². The monoisotopic (exact) mass is 427 g/mol. The standard InChI is InChI=1S/C20H33N3O5S/c1-5-7-10-22(6-2)20(24)16-21-11-13-23(14-12-21)29(25,26)17-8-9-18(27-3)19(15-17)28-4/h8-9,15H,5-7,10-14,16H2,1-4H3. The lowest BCUT2D eigenvalue weighted by Crippen LogP contribution is -2.51. The first-order valence-electron chi connectivity index (χ1n) is 10.1. The van der Waals surface area contributed by atoms with E-state index in [-0.39, 0.29) is 10.8 Å². The Morgan fingerprint density at radius 2 is 1.72 bits per heavy atom. The number of benzene rings is 1. The molecule has 9 heteroatoms. The maximum atomic E-state index is 13.0. The second kappa shape index (κ2) is 10.8. The quantitative estimate of drug-likeness (QED) is 0.565. The third-order valence-electron chi connectivity index (χ3n) is 5.20. The number of unbranched alkanes of at least 4 members (excludes halogenated alkanes) is 1. The Morgan fingerprint density at radius 3 is 2.28 bits per heavy atom. The molecule has 164 valence electrons. The average molecular weight is 428 g/mol. The molecule has 0 atom stereocenters. The molecule has 1 aromatic rings. The normalized spacial score (nSPS) is 15.9. The van der Waals surface area contributed by atoms with Crippen LogP contribution >= 0.6 is 0 Å². The number of likely N-dealkylation sites (N-methyl/N-ethyl adjacent to an activating group) is 1. The lowest BCUT2D eigenvalue weighted by Gasteiger charge is -2.34. The molecular formula is C20H33N3O5S. The van der Waals surface area contributed by atoms with E-state index in [9.17, 15) is 13.2 Å². The van der Waals surface area contributed by atoms with E-state index in [0.29, 0.717) is 50.8 Å². The third-order valence-corrected chi connectivity index (χ3v) is 7.09. The average Bonchev–Trinajstić information content (AvgIpc) is 2.74. The third kappa shape index (κ3) is 5.83. The molecule has 0 radical (unpaired) electrons. The summed E-state index contributed by atoms with van der Waals surface area (Å²) in [4.78, 5) is 16.6. The minimum absolute atomic E-state index is 0.108. The predicted octanol–water partition coefficient (Wildman–Crippen LogP) is 1.66. The van der Waals surface area contributed by atoms with E-state index in [4.69, 9.17) is 9.47 Å². The summed E-state index contributed by atoms with van der Waals surface area (Å²) >= 11 is 0. The van der Waals surface area contributed by atoms with Crippen molar-refractivity contribution >= 4 is 15.9 Å². The van der Waals surface area contributed by atoms with Crippen LogP contribution in [0.3, 0.4) is 0 Å². The summed E-state index contributed by atoms with van der Waals surface area (Å²) in [7, 11) is -0.644. The molecule has 1 amide bonds. The Bertz CT molecular complexity index is 776. The van der Waals surface area contributed by atoms with E-state index in [0.717, 1.165) is 19.4 Å². The second-order valence-corrected chi connectivity index (χ2v) is 8.96. The predicted molar refractivity (Wildman–Crippen MR) is 112 cm³/mol. The minimum Gasteiger partial charge on any atom is -0.493 e. The number of hydrogen-bond acceptors (Lipinski definition) is 6. The van der Waals surface area contributed by atoms with Gasteiger partial charge in [0.25, 0.3) is 0 Å². The molecule has 1 heterocycles. The highest BCUT2D eigenvalue weighted by Crippen LogP contribution is 2.30. The summed E-state index contributed by atoms with van der Waals surface area (Å²) in [6, 6.07) is 4.60. The molecule has 29 heavy (non-hydrogen) atoms. The molecule has 0 aliphatic carbocycles. The Balaban J connectivity index is 1.98. The molecule has 1 aliphatic rings. The van der Waals surface area contributed by atoms with Gasteiger partial charge in [-0.15, -0.1) is 0 Å². The van der Waals surface area contributed by atoms with Crippen LogP contribution in [-0.4, -0.2) is 88.5 Å². The van der Waals surface area contributed by atoms with Gasteiger partial charge in [-0.2, -0.15) is 4.31 Å². The smallest absolute Gasteiger partial charge is 0.243 e. The number of piperazine rings is 1. The summed E-state index contributed by atoms with van der Waals surface area (Å²) in [5.41, 5.74) is 0. The van der Waals surface area contributed by atoms with Crippen molar-refractivity contribution in [3.63, 3.8) is 0 Å². The summed E-state index contributed by atoms with van der Waals surface area (Å²) in [5, 5.41) is 0. The molecule has 1 aliphatic heterocycles. The fraction of sp³-hybridized carbons (Fsp3) is 0.650. The van der Waals surface area contributed by atoms with Gasteiger partial charge in [0.15, 0.2) is 11.5 Å². The number of hydrogen-bond donors (Lipinski definition) is 0. The molecule has 0 bridgehead atoms.